The largest absolute Gasteiger partial charge is 0.349 e. The molecule has 1 aromatic heterocycles. The number of hydrogen-bond acceptors (Lipinski definition) is 2. The molecule has 0 aliphatic rings. The summed E-state index contributed by atoms with van der Waals surface area (Å²) in [5.74, 6) is 1.08. The van der Waals surface area contributed by atoms with Crippen molar-refractivity contribution in [1.29, 1.82) is 0 Å². The lowest BCUT2D eigenvalue weighted by Crippen LogP contribution is -2.27. The van der Waals surface area contributed by atoms with Crippen LogP contribution in [0.2, 0.25) is 0 Å². The number of hydrogen-bond donors (Lipinski definition) is 2. The van der Waals surface area contributed by atoms with Crippen molar-refractivity contribution >= 4 is 0 Å². The van der Waals surface area contributed by atoms with Crippen molar-refractivity contribution in [3.05, 3.63) is 54.1 Å². The van der Waals surface area contributed by atoms with Gasteiger partial charge in [-0.1, -0.05) is 30.3 Å². The molecule has 0 radical (unpaired) electrons. The van der Waals surface area contributed by atoms with E-state index < -0.39 is 0 Å². The first-order valence-electron chi connectivity index (χ1n) is 7.10. The van der Waals surface area contributed by atoms with Gasteiger partial charge in [0.05, 0.1) is 0 Å². The van der Waals surface area contributed by atoms with Gasteiger partial charge < -0.3 is 10.3 Å². The number of aromatic amines is 1. The molecule has 0 saturated carbocycles. The van der Waals surface area contributed by atoms with Gasteiger partial charge in [-0.2, -0.15) is 0 Å². The van der Waals surface area contributed by atoms with Crippen LogP contribution in [0.5, 0.6) is 0 Å². The lowest BCUT2D eigenvalue weighted by Gasteiger charge is -2.13. The molecule has 0 spiro atoms. The Morgan fingerprint density at radius 1 is 1.21 bits per heavy atom. The Balaban J connectivity index is 1.56. The number of aryl methyl sites for hydroxylation is 2. The predicted octanol–water partition coefficient (Wildman–Crippen LogP) is 2.95. The van der Waals surface area contributed by atoms with E-state index in [0.717, 1.165) is 31.6 Å². The molecule has 2 aromatic rings. The molecule has 1 atom stereocenters. The quantitative estimate of drug-likeness (QED) is 0.714. The third-order valence-corrected chi connectivity index (χ3v) is 3.35. The van der Waals surface area contributed by atoms with Gasteiger partial charge in [-0.3, -0.25) is 0 Å². The maximum Gasteiger partial charge on any atom is 0.106 e. The van der Waals surface area contributed by atoms with Gasteiger partial charge in [-0.05, 0) is 38.3 Å². The summed E-state index contributed by atoms with van der Waals surface area (Å²) >= 11 is 0. The molecule has 0 fully saturated rings. The van der Waals surface area contributed by atoms with Crippen molar-refractivity contribution in [3.63, 3.8) is 0 Å². The van der Waals surface area contributed by atoms with Crippen LogP contribution in [0.3, 0.4) is 0 Å². The van der Waals surface area contributed by atoms with Gasteiger partial charge in [-0.25, -0.2) is 4.98 Å². The fraction of sp³-hybridized carbons (Fsp3) is 0.438. The highest BCUT2D eigenvalue weighted by molar-refractivity contribution is 5.14. The molecule has 3 nitrogen and oxygen atoms in total. The van der Waals surface area contributed by atoms with E-state index in [0.29, 0.717) is 6.04 Å². The number of aromatic nitrogens is 2. The van der Waals surface area contributed by atoms with Crippen molar-refractivity contribution in [2.75, 3.05) is 6.54 Å². The topological polar surface area (TPSA) is 40.7 Å². The van der Waals surface area contributed by atoms with Crippen LogP contribution in [0.1, 0.15) is 31.2 Å². The highest BCUT2D eigenvalue weighted by Crippen LogP contribution is 2.04. The van der Waals surface area contributed by atoms with Gasteiger partial charge in [0.1, 0.15) is 5.82 Å². The minimum atomic E-state index is 0.566. The van der Waals surface area contributed by atoms with Crippen LogP contribution in [0.25, 0.3) is 0 Å². The van der Waals surface area contributed by atoms with E-state index in [2.05, 4.69) is 52.5 Å². The summed E-state index contributed by atoms with van der Waals surface area (Å²) in [5.41, 5.74) is 1.42. The number of rotatable bonds is 8. The first kappa shape index (κ1) is 13.8. The Morgan fingerprint density at radius 2 is 2.05 bits per heavy atom. The van der Waals surface area contributed by atoms with Gasteiger partial charge in [0, 0.05) is 24.9 Å². The molecule has 19 heavy (non-hydrogen) atoms. The van der Waals surface area contributed by atoms with E-state index in [1.165, 1.54) is 12.0 Å². The van der Waals surface area contributed by atoms with Crippen molar-refractivity contribution in [2.45, 2.75) is 38.6 Å². The maximum absolute atomic E-state index is 4.23. The lowest BCUT2D eigenvalue weighted by molar-refractivity contribution is 0.505. The molecule has 2 rings (SSSR count). The minimum Gasteiger partial charge on any atom is -0.349 e. The Labute approximate surface area is 115 Å². The van der Waals surface area contributed by atoms with Crippen LogP contribution in [0, 0.1) is 0 Å². The third-order valence-electron chi connectivity index (χ3n) is 3.35. The smallest absolute Gasteiger partial charge is 0.106 e. The number of H-pyrrole nitrogens is 1. The SMILES string of the molecule is CC(CCc1ccccc1)NCCCc1ncc[nH]1. The zero-order valence-electron chi connectivity index (χ0n) is 11.6. The fourth-order valence-corrected chi connectivity index (χ4v) is 2.17. The zero-order valence-corrected chi connectivity index (χ0v) is 11.6. The van der Waals surface area contributed by atoms with Gasteiger partial charge in [0.25, 0.3) is 0 Å². The van der Waals surface area contributed by atoms with E-state index >= 15 is 0 Å². The van der Waals surface area contributed by atoms with Crippen molar-refractivity contribution < 1.29 is 0 Å². The van der Waals surface area contributed by atoms with E-state index in [9.17, 15) is 0 Å². The maximum atomic E-state index is 4.23. The van der Waals surface area contributed by atoms with Crippen LogP contribution >= 0.6 is 0 Å². The molecule has 0 saturated heterocycles. The highest BCUT2D eigenvalue weighted by atomic mass is 14.9. The second-order valence-corrected chi connectivity index (χ2v) is 5.02. The van der Waals surface area contributed by atoms with Crippen LogP contribution in [0.15, 0.2) is 42.7 Å². The third kappa shape index (κ3) is 5.26. The number of imidazole rings is 1. The summed E-state index contributed by atoms with van der Waals surface area (Å²) in [6.07, 6.45) is 8.17. The molecule has 0 aliphatic carbocycles. The Hall–Kier alpha value is -1.61. The van der Waals surface area contributed by atoms with E-state index in [4.69, 9.17) is 0 Å². The van der Waals surface area contributed by atoms with Gasteiger partial charge in [-0.15, -0.1) is 0 Å². The number of nitrogens with one attached hydrogen (secondary N) is 2. The van der Waals surface area contributed by atoms with Crippen molar-refractivity contribution in [3.8, 4) is 0 Å². The summed E-state index contributed by atoms with van der Waals surface area (Å²) in [4.78, 5) is 7.36. The summed E-state index contributed by atoms with van der Waals surface area (Å²) in [5, 5.41) is 3.57. The summed E-state index contributed by atoms with van der Waals surface area (Å²) in [6, 6.07) is 11.2. The molecule has 0 bridgehead atoms. The van der Waals surface area contributed by atoms with Crippen molar-refractivity contribution in [2.24, 2.45) is 0 Å². The fourth-order valence-electron chi connectivity index (χ4n) is 2.17. The lowest BCUT2D eigenvalue weighted by atomic mass is 10.1. The van der Waals surface area contributed by atoms with Crippen LogP contribution in [0.4, 0.5) is 0 Å². The predicted molar refractivity (Wildman–Crippen MR) is 79.1 cm³/mol. The Bertz CT molecular complexity index is 436. The molecule has 2 N–H and O–H groups in total. The van der Waals surface area contributed by atoms with Gasteiger partial charge in [0.15, 0.2) is 0 Å². The average Bonchev–Trinajstić information content (AvgIpc) is 2.96. The van der Waals surface area contributed by atoms with E-state index in [1.807, 2.05) is 12.4 Å². The van der Waals surface area contributed by atoms with Crippen LogP contribution in [-0.2, 0) is 12.8 Å². The molecule has 0 amide bonds. The van der Waals surface area contributed by atoms with Gasteiger partial charge >= 0.3 is 0 Å². The first-order chi connectivity index (χ1) is 9.34. The second-order valence-electron chi connectivity index (χ2n) is 5.02. The molecule has 1 unspecified atom stereocenters. The molecule has 1 aromatic carbocycles. The van der Waals surface area contributed by atoms with E-state index in [1.54, 1.807) is 0 Å². The molecule has 0 aliphatic heterocycles. The summed E-state index contributed by atoms with van der Waals surface area (Å²) in [6.45, 7) is 3.31. The van der Waals surface area contributed by atoms with Gasteiger partial charge in [0.2, 0.25) is 0 Å². The Kier molecular flexibility index (Phi) is 5.63. The first-order valence-corrected chi connectivity index (χ1v) is 7.10. The Morgan fingerprint density at radius 3 is 2.79 bits per heavy atom. The number of benzene rings is 1. The number of nitrogens with zero attached hydrogens (tertiary/aromatic N) is 1. The van der Waals surface area contributed by atoms with Crippen LogP contribution in [-0.4, -0.2) is 22.6 Å². The summed E-state index contributed by atoms with van der Waals surface area (Å²) < 4.78 is 0. The van der Waals surface area contributed by atoms with Crippen LogP contribution < -0.4 is 5.32 Å². The standard InChI is InChI=1S/C16H23N3/c1-14(9-10-15-6-3-2-4-7-15)17-11-5-8-16-18-12-13-19-16/h2-4,6-7,12-14,17H,5,8-11H2,1H3,(H,18,19). The average molecular weight is 257 g/mol. The second kappa shape index (κ2) is 7.74. The zero-order chi connectivity index (χ0) is 13.3. The van der Waals surface area contributed by atoms with Crippen molar-refractivity contribution in [1.82, 2.24) is 15.3 Å². The molecule has 3 heteroatoms. The molecular weight excluding hydrogens is 234 g/mol. The monoisotopic (exact) mass is 257 g/mol. The minimum absolute atomic E-state index is 0.566. The normalized spacial score (nSPS) is 12.5. The van der Waals surface area contributed by atoms with E-state index in [-0.39, 0.29) is 0 Å². The summed E-state index contributed by atoms with van der Waals surface area (Å²) in [7, 11) is 0. The molecular formula is C16H23N3. The molecule has 102 valence electrons. The molecule has 1 heterocycles. The highest BCUT2D eigenvalue weighted by Gasteiger charge is 2.02.